The van der Waals surface area contributed by atoms with Crippen LogP contribution >= 0.6 is 0 Å². The summed E-state index contributed by atoms with van der Waals surface area (Å²) < 4.78 is 5.15. The summed E-state index contributed by atoms with van der Waals surface area (Å²) in [6.45, 7) is 6.23. The Bertz CT molecular complexity index is 177. The highest BCUT2D eigenvalue weighted by Crippen LogP contribution is 2.48. The fourth-order valence-electron chi connectivity index (χ4n) is 2.16. The van der Waals surface area contributed by atoms with Gasteiger partial charge in [-0.3, -0.25) is 0 Å². The molecule has 0 radical (unpaired) electrons. The highest BCUT2D eigenvalue weighted by Gasteiger charge is 2.41. The van der Waals surface area contributed by atoms with Gasteiger partial charge < -0.3 is 15.8 Å². The molecule has 0 aromatic carbocycles. The van der Waals surface area contributed by atoms with E-state index in [2.05, 4.69) is 12.2 Å². The molecule has 1 atom stereocenters. The normalized spacial score (nSPS) is 19.7. The van der Waals surface area contributed by atoms with Gasteiger partial charge in [0.15, 0.2) is 0 Å². The second-order valence-corrected chi connectivity index (χ2v) is 5.22. The maximum absolute atomic E-state index is 5.69. The van der Waals surface area contributed by atoms with Crippen LogP contribution in [0.1, 0.15) is 39.0 Å². The van der Waals surface area contributed by atoms with Crippen LogP contribution in [0.4, 0.5) is 0 Å². The van der Waals surface area contributed by atoms with Gasteiger partial charge in [0.1, 0.15) is 0 Å². The third-order valence-corrected chi connectivity index (χ3v) is 3.93. The number of hydrogen-bond donors (Lipinski definition) is 2. The molecule has 1 aliphatic rings. The van der Waals surface area contributed by atoms with Crippen molar-refractivity contribution in [2.45, 2.75) is 39.0 Å². The lowest BCUT2D eigenvalue weighted by Crippen LogP contribution is -2.28. The Morgan fingerprint density at radius 3 is 2.69 bits per heavy atom. The molecule has 0 saturated heterocycles. The first-order valence-corrected chi connectivity index (χ1v) is 6.66. The van der Waals surface area contributed by atoms with E-state index in [1.54, 1.807) is 7.11 Å². The lowest BCUT2D eigenvalue weighted by molar-refractivity contribution is 0.171. The van der Waals surface area contributed by atoms with Gasteiger partial charge in [-0.15, -0.1) is 0 Å². The SMILES string of the molecule is CCC(CN)CCNCC1(CCOC)CC1. The second-order valence-electron chi connectivity index (χ2n) is 5.22. The zero-order valence-corrected chi connectivity index (χ0v) is 10.9. The molecule has 3 N–H and O–H groups in total. The van der Waals surface area contributed by atoms with E-state index in [1.165, 1.54) is 32.1 Å². The Labute approximate surface area is 100 Å². The Balaban J connectivity index is 2.02. The van der Waals surface area contributed by atoms with Gasteiger partial charge in [0, 0.05) is 20.3 Å². The fraction of sp³-hybridized carbons (Fsp3) is 1.00. The molecule has 0 heterocycles. The summed E-state index contributed by atoms with van der Waals surface area (Å²) >= 11 is 0. The van der Waals surface area contributed by atoms with Crippen LogP contribution in [0.15, 0.2) is 0 Å². The smallest absolute Gasteiger partial charge is 0.0468 e. The fourth-order valence-corrected chi connectivity index (χ4v) is 2.16. The van der Waals surface area contributed by atoms with Gasteiger partial charge in [-0.25, -0.2) is 0 Å². The van der Waals surface area contributed by atoms with Crippen molar-refractivity contribution >= 4 is 0 Å². The van der Waals surface area contributed by atoms with Crippen molar-refractivity contribution in [3.05, 3.63) is 0 Å². The van der Waals surface area contributed by atoms with Crippen molar-refractivity contribution in [3.8, 4) is 0 Å². The first-order valence-electron chi connectivity index (χ1n) is 6.66. The number of nitrogens with one attached hydrogen (secondary N) is 1. The molecule has 0 aliphatic heterocycles. The number of methoxy groups -OCH3 is 1. The Hall–Kier alpha value is -0.120. The molecular weight excluding hydrogens is 200 g/mol. The first-order chi connectivity index (χ1) is 7.76. The molecule has 3 heteroatoms. The summed E-state index contributed by atoms with van der Waals surface area (Å²) in [5, 5.41) is 3.59. The Kier molecular flexibility index (Phi) is 6.32. The quantitative estimate of drug-likeness (QED) is 0.560. The highest BCUT2D eigenvalue weighted by atomic mass is 16.5. The monoisotopic (exact) mass is 228 g/mol. The third-order valence-electron chi connectivity index (χ3n) is 3.93. The second kappa shape index (κ2) is 7.25. The first kappa shape index (κ1) is 13.9. The van der Waals surface area contributed by atoms with Crippen LogP contribution in [0.3, 0.4) is 0 Å². The van der Waals surface area contributed by atoms with E-state index in [0.717, 1.165) is 26.2 Å². The summed E-state index contributed by atoms with van der Waals surface area (Å²) in [5.74, 6) is 0.696. The predicted octanol–water partition coefficient (Wildman–Crippen LogP) is 1.77. The zero-order chi connectivity index (χ0) is 11.9. The van der Waals surface area contributed by atoms with Gasteiger partial charge in [-0.05, 0) is 50.1 Å². The summed E-state index contributed by atoms with van der Waals surface area (Å²) in [5.41, 5.74) is 6.25. The summed E-state index contributed by atoms with van der Waals surface area (Å²) in [4.78, 5) is 0. The molecule has 16 heavy (non-hydrogen) atoms. The van der Waals surface area contributed by atoms with Crippen molar-refractivity contribution < 1.29 is 4.74 Å². The number of hydrogen-bond acceptors (Lipinski definition) is 3. The van der Waals surface area contributed by atoms with Crippen LogP contribution < -0.4 is 11.1 Å². The van der Waals surface area contributed by atoms with Crippen molar-refractivity contribution in [1.82, 2.24) is 5.32 Å². The van der Waals surface area contributed by atoms with E-state index >= 15 is 0 Å². The molecular formula is C13H28N2O. The maximum atomic E-state index is 5.69. The minimum Gasteiger partial charge on any atom is -0.385 e. The average Bonchev–Trinajstić information content (AvgIpc) is 3.07. The summed E-state index contributed by atoms with van der Waals surface area (Å²) in [6, 6.07) is 0. The van der Waals surface area contributed by atoms with E-state index in [-0.39, 0.29) is 0 Å². The largest absolute Gasteiger partial charge is 0.385 e. The van der Waals surface area contributed by atoms with Crippen molar-refractivity contribution in [2.75, 3.05) is 33.4 Å². The van der Waals surface area contributed by atoms with Crippen molar-refractivity contribution in [1.29, 1.82) is 0 Å². The molecule has 1 rings (SSSR count). The molecule has 0 amide bonds. The van der Waals surface area contributed by atoms with Crippen LogP contribution in [0, 0.1) is 11.3 Å². The van der Waals surface area contributed by atoms with E-state index in [9.17, 15) is 0 Å². The Morgan fingerprint density at radius 1 is 1.44 bits per heavy atom. The van der Waals surface area contributed by atoms with Crippen molar-refractivity contribution in [2.24, 2.45) is 17.1 Å². The van der Waals surface area contributed by atoms with Gasteiger partial charge >= 0.3 is 0 Å². The molecule has 96 valence electrons. The lowest BCUT2D eigenvalue weighted by atomic mass is 10.0. The van der Waals surface area contributed by atoms with Gasteiger partial charge in [-0.2, -0.15) is 0 Å². The predicted molar refractivity (Wildman–Crippen MR) is 68.5 cm³/mol. The van der Waals surface area contributed by atoms with Crippen LogP contribution in [0.2, 0.25) is 0 Å². The highest BCUT2D eigenvalue weighted by molar-refractivity contribution is 4.94. The van der Waals surface area contributed by atoms with E-state index in [0.29, 0.717) is 11.3 Å². The molecule has 1 fully saturated rings. The van der Waals surface area contributed by atoms with E-state index in [1.807, 2.05) is 0 Å². The molecule has 0 spiro atoms. The van der Waals surface area contributed by atoms with Crippen LogP contribution in [0.25, 0.3) is 0 Å². The molecule has 1 saturated carbocycles. The maximum Gasteiger partial charge on any atom is 0.0468 e. The summed E-state index contributed by atoms with van der Waals surface area (Å²) in [7, 11) is 1.79. The topological polar surface area (TPSA) is 47.3 Å². The molecule has 0 aromatic heterocycles. The minimum absolute atomic E-state index is 0.570. The number of rotatable bonds is 10. The van der Waals surface area contributed by atoms with Gasteiger partial charge in [-0.1, -0.05) is 13.3 Å². The minimum atomic E-state index is 0.570. The average molecular weight is 228 g/mol. The number of nitrogens with two attached hydrogens (primary N) is 1. The molecule has 1 aliphatic carbocycles. The zero-order valence-electron chi connectivity index (χ0n) is 10.9. The Morgan fingerprint density at radius 2 is 2.19 bits per heavy atom. The van der Waals surface area contributed by atoms with Gasteiger partial charge in [0.2, 0.25) is 0 Å². The molecule has 0 aromatic rings. The van der Waals surface area contributed by atoms with Crippen LogP contribution in [0.5, 0.6) is 0 Å². The lowest BCUT2D eigenvalue weighted by Gasteiger charge is -2.17. The summed E-state index contributed by atoms with van der Waals surface area (Å²) in [6.07, 6.45) is 6.37. The standard InChI is InChI=1S/C13H28N2O/c1-3-12(10-14)4-8-15-11-13(5-6-13)7-9-16-2/h12,15H,3-11,14H2,1-2H3. The van der Waals surface area contributed by atoms with Crippen LogP contribution in [-0.2, 0) is 4.74 Å². The molecule has 3 nitrogen and oxygen atoms in total. The molecule has 0 bridgehead atoms. The van der Waals surface area contributed by atoms with E-state index in [4.69, 9.17) is 10.5 Å². The number of ether oxygens (including phenoxy) is 1. The third kappa shape index (κ3) is 4.81. The van der Waals surface area contributed by atoms with Gasteiger partial charge in [0.25, 0.3) is 0 Å². The van der Waals surface area contributed by atoms with Crippen molar-refractivity contribution in [3.63, 3.8) is 0 Å². The van der Waals surface area contributed by atoms with Crippen LogP contribution in [-0.4, -0.2) is 33.4 Å². The van der Waals surface area contributed by atoms with E-state index < -0.39 is 0 Å². The van der Waals surface area contributed by atoms with Gasteiger partial charge in [0.05, 0.1) is 0 Å². The molecule has 1 unspecified atom stereocenters.